The average molecular weight is 399 g/mol. The van der Waals surface area contributed by atoms with Crippen molar-refractivity contribution in [3.63, 3.8) is 0 Å². The summed E-state index contributed by atoms with van der Waals surface area (Å²) >= 11 is 0. The van der Waals surface area contributed by atoms with Gasteiger partial charge in [-0.2, -0.15) is 5.26 Å². The van der Waals surface area contributed by atoms with Gasteiger partial charge in [-0.25, -0.2) is 0 Å². The van der Waals surface area contributed by atoms with Crippen LogP contribution in [0.15, 0.2) is 42.5 Å². The van der Waals surface area contributed by atoms with Crippen molar-refractivity contribution in [1.82, 2.24) is 0 Å². The number of aliphatic hydroxyl groups is 4. The fourth-order valence-corrected chi connectivity index (χ4v) is 3.31. The van der Waals surface area contributed by atoms with Crippen molar-refractivity contribution in [3.8, 4) is 11.8 Å². The molecule has 5 atom stereocenters. The Morgan fingerprint density at radius 3 is 2.31 bits per heavy atom. The minimum atomic E-state index is -1.51. The Morgan fingerprint density at radius 2 is 1.69 bits per heavy atom. The summed E-state index contributed by atoms with van der Waals surface area (Å²) < 4.78 is 11.0. The standard InChI is InChI=1S/C22H25NO6/c1-2-13-3-5-14(6-4-13)9-16-10-17(8-7-15(16)11-23)28-22-21(27)20(26)19(25)18(12-24)29-22/h3-8,10,18-22,24-27H,2,9,12H2,1H3/t18-,19-,20+,21-,22?/m1/s1. The molecular formula is C22H25NO6. The summed E-state index contributed by atoms with van der Waals surface area (Å²) in [6, 6.07) is 15.2. The third-order valence-electron chi connectivity index (χ3n) is 5.12. The molecule has 154 valence electrons. The van der Waals surface area contributed by atoms with Crippen LogP contribution < -0.4 is 4.74 Å². The highest BCUT2D eigenvalue weighted by Crippen LogP contribution is 2.26. The maximum absolute atomic E-state index is 10.1. The van der Waals surface area contributed by atoms with E-state index >= 15 is 0 Å². The van der Waals surface area contributed by atoms with Crippen LogP contribution in [-0.4, -0.2) is 57.7 Å². The number of aliphatic hydroxyl groups excluding tert-OH is 4. The molecule has 0 amide bonds. The lowest BCUT2D eigenvalue weighted by Crippen LogP contribution is -2.60. The number of nitriles is 1. The highest BCUT2D eigenvalue weighted by molar-refractivity contribution is 5.45. The maximum atomic E-state index is 10.1. The molecule has 4 N–H and O–H groups in total. The molecule has 0 saturated carbocycles. The van der Waals surface area contributed by atoms with E-state index in [4.69, 9.17) is 9.47 Å². The Hall–Kier alpha value is -2.47. The van der Waals surface area contributed by atoms with Crippen LogP contribution in [0, 0.1) is 11.3 Å². The Kier molecular flexibility index (Phi) is 6.85. The van der Waals surface area contributed by atoms with Crippen molar-refractivity contribution < 1.29 is 29.9 Å². The van der Waals surface area contributed by atoms with Crippen LogP contribution in [0.4, 0.5) is 0 Å². The highest BCUT2D eigenvalue weighted by Gasteiger charge is 2.44. The Labute approximate surface area is 169 Å². The van der Waals surface area contributed by atoms with Gasteiger partial charge in [0.1, 0.15) is 30.2 Å². The van der Waals surface area contributed by atoms with Crippen molar-refractivity contribution in [1.29, 1.82) is 5.26 Å². The molecule has 3 rings (SSSR count). The van der Waals surface area contributed by atoms with Crippen molar-refractivity contribution in [3.05, 3.63) is 64.7 Å². The van der Waals surface area contributed by atoms with Crippen LogP contribution in [0.25, 0.3) is 0 Å². The summed E-state index contributed by atoms with van der Waals surface area (Å²) in [6.07, 6.45) is -5.29. The average Bonchev–Trinajstić information content (AvgIpc) is 2.75. The molecule has 2 aromatic carbocycles. The molecule has 0 spiro atoms. The molecular weight excluding hydrogens is 374 g/mol. The smallest absolute Gasteiger partial charge is 0.229 e. The Morgan fingerprint density at radius 1 is 1.00 bits per heavy atom. The van der Waals surface area contributed by atoms with E-state index in [0.29, 0.717) is 17.7 Å². The van der Waals surface area contributed by atoms with Gasteiger partial charge in [-0.3, -0.25) is 0 Å². The molecule has 1 aliphatic heterocycles. The molecule has 0 radical (unpaired) electrons. The summed E-state index contributed by atoms with van der Waals surface area (Å²) in [5, 5.41) is 48.6. The molecule has 0 aromatic heterocycles. The molecule has 1 fully saturated rings. The van der Waals surface area contributed by atoms with Crippen LogP contribution in [0.1, 0.15) is 29.2 Å². The molecule has 7 heteroatoms. The lowest BCUT2D eigenvalue weighted by atomic mass is 9.98. The zero-order valence-electron chi connectivity index (χ0n) is 16.1. The molecule has 1 heterocycles. The van der Waals surface area contributed by atoms with Crippen LogP contribution in [0.3, 0.4) is 0 Å². The van der Waals surface area contributed by atoms with Gasteiger partial charge in [0, 0.05) is 0 Å². The lowest BCUT2D eigenvalue weighted by Gasteiger charge is -2.39. The van der Waals surface area contributed by atoms with Gasteiger partial charge in [0.05, 0.1) is 18.2 Å². The summed E-state index contributed by atoms with van der Waals surface area (Å²) in [5.41, 5.74) is 3.53. The van der Waals surface area contributed by atoms with Gasteiger partial charge >= 0.3 is 0 Å². The number of rotatable bonds is 6. The molecule has 1 unspecified atom stereocenters. The molecule has 0 bridgehead atoms. The first-order valence-electron chi connectivity index (χ1n) is 9.54. The van der Waals surface area contributed by atoms with Gasteiger partial charge in [0.2, 0.25) is 6.29 Å². The summed E-state index contributed by atoms with van der Waals surface area (Å²) in [4.78, 5) is 0. The molecule has 2 aromatic rings. The summed E-state index contributed by atoms with van der Waals surface area (Å²) in [6.45, 7) is 1.56. The highest BCUT2D eigenvalue weighted by atomic mass is 16.7. The number of hydrogen-bond donors (Lipinski definition) is 4. The minimum Gasteiger partial charge on any atom is -0.462 e. The minimum absolute atomic E-state index is 0.341. The largest absolute Gasteiger partial charge is 0.462 e. The zero-order valence-corrected chi connectivity index (χ0v) is 16.1. The first kappa shape index (κ1) is 21.2. The number of benzene rings is 2. The molecule has 0 aliphatic carbocycles. The second-order valence-electron chi connectivity index (χ2n) is 7.09. The van der Waals surface area contributed by atoms with E-state index in [1.165, 1.54) is 5.56 Å². The van der Waals surface area contributed by atoms with Gasteiger partial charge in [0.15, 0.2) is 0 Å². The predicted molar refractivity (Wildman–Crippen MR) is 104 cm³/mol. The Bertz CT molecular complexity index is 861. The molecule has 1 aliphatic rings. The normalized spacial score (nSPS) is 26.7. The first-order valence-corrected chi connectivity index (χ1v) is 9.54. The zero-order chi connectivity index (χ0) is 21.0. The van der Waals surface area contributed by atoms with Crippen LogP contribution in [0.5, 0.6) is 5.75 Å². The van der Waals surface area contributed by atoms with E-state index < -0.39 is 37.3 Å². The fourth-order valence-electron chi connectivity index (χ4n) is 3.31. The van der Waals surface area contributed by atoms with Crippen molar-refractivity contribution in [2.24, 2.45) is 0 Å². The topological polar surface area (TPSA) is 123 Å². The predicted octanol–water partition coefficient (Wildman–Crippen LogP) is 0.890. The fraction of sp³-hybridized carbons (Fsp3) is 0.409. The maximum Gasteiger partial charge on any atom is 0.229 e. The van der Waals surface area contributed by atoms with E-state index in [-0.39, 0.29) is 0 Å². The van der Waals surface area contributed by atoms with Gasteiger partial charge in [-0.1, -0.05) is 31.2 Å². The van der Waals surface area contributed by atoms with E-state index in [1.54, 1.807) is 18.2 Å². The number of nitrogens with zero attached hydrogens (tertiary/aromatic N) is 1. The Balaban J connectivity index is 1.80. The lowest BCUT2D eigenvalue weighted by molar-refractivity contribution is -0.277. The quantitative estimate of drug-likeness (QED) is 0.569. The van der Waals surface area contributed by atoms with Gasteiger partial charge in [-0.15, -0.1) is 0 Å². The van der Waals surface area contributed by atoms with Gasteiger partial charge in [0.25, 0.3) is 0 Å². The van der Waals surface area contributed by atoms with E-state index in [0.717, 1.165) is 17.5 Å². The van der Waals surface area contributed by atoms with Crippen molar-refractivity contribution >= 4 is 0 Å². The molecule has 29 heavy (non-hydrogen) atoms. The second-order valence-corrected chi connectivity index (χ2v) is 7.09. The van der Waals surface area contributed by atoms with Gasteiger partial charge in [-0.05, 0) is 47.7 Å². The third-order valence-corrected chi connectivity index (χ3v) is 5.12. The monoisotopic (exact) mass is 399 g/mol. The third kappa shape index (κ3) is 4.75. The number of ether oxygens (including phenoxy) is 2. The molecule has 7 nitrogen and oxygen atoms in total. The molecule has 1 saturated heterocycles. The van der Waals surface area contributed by atoms with Gasteiger partial charge < -0.3 is 29.9 Å². The second kappa shape index (κ2) is 9.35. The van der Waals surface area contributed by atoms with E-state index in [1.807, 2.05) is 12.1 Å². The van der Waals surface area contributed by atoms with Crippen molar-refractivity contribution in [2.75, 3.05) is 6.61 Å². The van der Waals surface area contributed by atoms with Crippen LogP contribution in [0.2, 0.25) is 0 Å². The number of aryl methyl sites for hydroxylation is 1. The summed E-state index contributed by atoms with van der Waals surface area (Å²) in [7, 11) is 0. The number of hydrogen-bond acceptors (Lipinski definition) is 7. The summed E-state index contributed by atoms with van der Waals surface area (Å²) in [5.74, 6) is 0.341. The van der Waals surface area contributed by atoms with E-state index in [9.17, 15) is 25.7 Å². The van der Waals surface area contributed by atoms with Crippen LogP contribution in [-0.2, 0) is 17.6 Å². The van der Waals surface area contributed by atoms with Crippen LogP contribution >= 0.6 is 0 Å². The first-order chi connectivity index (χ1) is 14.0. The van der Waals surface area contributed by atoms with E-state index in [2.05, 4.69) is 25.1 Å². The van der Waals surface area contributed by atoms with Crippen molar-refractivity contribution in [2.45, 2.75) is 50.5 Å². The SMILES string of the molecule is CCc1ccc(Cc2cc(OC3O[C@H](CO)[C@@H](O)[C@H](O)[C@H]3O)ccc2C#N)cc1.